The third-order valence-corrected chi connectivity index (χ3v) is 3.81. The van der Waals surface area contributed by atoms with Crippen LogP contribution in [0.3, 0.4) is 0 Å². The largest absolute Gasteiger partial charge is 0.375 e. The Balaban J connectivity index is 1.62. The Bertz CT molecular complexity index is 699. The minimum atomic E-state index is -0.0863. The Labute approximate surface area is 137 Å². The van der Waals surface area contributed by atoms with Gasteiger partial charge in [0.1, 0.15) is 0 Å². The molecule has 3 rings (SSSR count). The molecule has 0 aliphatic carbocycles. The van der Waals surface area contributed by atoms with Crippen LogP contribution in [-0.2, 0) is 4.74 Å². The summed E-state index contributed by atoms with van der Waals surface area (Å²) in [6, 6.07) is 10.2. The summed E-state index contributed by atoms with van der Waals surface area (Å²) in [6.45, 7) is 5.00. The number of nitrogens with one attached hydrogen (secondary N) is 1. The van der Waals surface area contributed by atoms with E-state index in [4.69, 9.17) is 4.74 Å². The normalized spacial score (nSPS) is 19.5. The molecule has 0 amide bonds. The van der Waals surface area contributed by atoms with Gasteiger partial charge in [0.15, 0.2) is 0 Å². The van der Waals surface area contributed by atoms with E-state index in [1.807, 2.05) is 30.3 Å². The number of hydrogen-bond acceptors (Lipinski definition) is 4. The third kappa shape index (κ3) is 4.54. The highest BCUT2D eigenvalue weighted by atomic mass is 16.5. The lowest BCUT2D eigenvalue weighted by atomic mass is 9.94. The summed E-state index contributed by atoms with van der Waals surface area (Å²) >= 11 is 0. The molecule has 1 fully saturated rings. The average molecular weight is 307 g/mol. The van der Waals surface area contributed by atoms with Gasteiger partial charge in [-0.15, -0.1) is 0 Å². The van der Waals surface area contributed by atoms with Gasteiger partial charge in [0, 0.05) is 30.6 Å². The number of ether oxygens (including phenoxy) is 1. The number of rotatable bonds is 2. The van der Waals surface area contributed by atoms with Gasteiger partial charge in [-0.3, -0.25) is 0 Å². The van der Waals surface area contributed by atoms with Crippen LogP contribution in [0.25, 0.3) is 0 Å². The monoisotopic (exact) mass is 307 g/mol. The zero-order valence-corrected chi connectivity index (χ0v) is 13.5. The molecule has 23 heavy (non-hydrogen) atoms. The van der Waals surface area contributed by atoms with Gasteiger partial charge in [-0.2, -0.15) is 0 Å². The summed E-state index contributed by atoms with van der Waals surface area (Å²) in [5.74, 6) is 6.84. The van der Waals surface area contributed by atoms with Crippen molar-refractivity contribution in [3.63, 3.8) is 0 Å². The molecule has 1 aromatic carbocycles. The summed E-state index contributed by atoms with van der Waals surface area (Å²) in [7, 11) is 0. The van der Waals surface area contributed by atoms with Crippen LogP contribution in [0.5, 0.6) is 0 Å². The van der Waals surface area contributed by atoms with Crippen molar-refractivity contribution >= 4 is 5.95 Å². The summed E-state index contributed by atoms with van der Waals surface area (Å²) < 4.78 is 5.73. The van der Waals surface area contributed by atoms with Gasteiger partial charge in [0.25, 0.3) is 0 Å². The van der Waals surface area contributed by atoms with Gasteiger partial charge in [-0.1, -0.05) is 30.0 Å². The summed E-state index contributed by atoms with van der Waals surface area (Å²) in [5, 5.41) is 3.39. The van der Waals surface area contributed by atoms with Crippen molar-refractivity contribution < 1.29 is 4.74 Å². The summed E-state index contributed by atoms with van der Waals surface area (Å²) in [5.41, 5.74) is 1.71. The van der Waals surface area contributed by atoms with Gasteiger partial charge in [-0.25, -0.2) is 9.97 Å². The van der Waals surface area contributed by atoms with Crippen molar-refractivity contribution in [1.82, 2.24) is 9.97 Å². The number of nitrogens with zero attached hydrogens (tertiary/aromatic N) is 2. The van der Waals surface area contributed by atoms with Crippen molar-refractivity contribution in [3.05, 3.63) is 53.9 Å². The molecule has 1 aromatic heterocycles. The zero-order valence-electron chi connectivity index (χ0n) is 13.5. The van der Waals surface area contributed by atoms with Gasteiger partial charge in [-0.05, 0) is 38.8 Å². The first kappa shape index (κ1) is 15.5. The second-order valence-corrected chi connectivity index (χ2v) is 6.35. The molecule has 2 aromatic rings. The van der Waals surface area contributed by atoms with Crippen molar-refractivity contribution in [1.29, 1.82) is 0 Å². The Kier molecular flexibility index (Phi) is 4.59. The fourth-order valence-corrected chi connectivity index (χ4v) is 2.67. The number of aromatic nitrogens is 2. The second-order valence-electron chi connectivity index (χ2n) is 6.35. The highest BCUT2D eigenvalue weighted by molar-refractivity contribution is 5.42. The van der Waals surface area contributed by atoms with E-state index in [1.54, 1.807) is 12.4 Å². The molecule has 0 saturated carbocycles. The Morgan fingerprint density at radius 2 is 1.78 bits per heavy atom. The van der Waals surface area contributed by atoms with E-state index in [-0.39, 0.29) is 5.60 Å². The van der Waals surface area contributed by atoms with Gasteiger partial charge < -0.3 is 10.1 Å². The van der Waals surface area contributed by atoms with E-state index >= 15 is 0 Å². The number of benzene rings is 1. The molecule has 0 spiro atoms. The Morgan fingerprint density at radius 3 is 2.48 bits per heavy atom. The van der Waals surface area contributed by atoms with Crippen molar-refractivity contribution in [2.75, 3.05) is 11.9 Å². The fraction of sp³-hybridized carbons (Fsp3) is 0.368. The van der Waals surface area contributed by atoms with Crippen LogP contribution in [0.4, 0.5) is 5.95 Å². The molecule has 1 aliphatic rings. The van der Waals surface area contributed by atoms with Gasteiger partial charge in [0.05, 0.1) is 11.2 Å². The molecular formula is C19H21N3O. The third-order valence-electron chi connectivity index (χ3n) is 3.81. The van der Waals surface area contributed by atoms with Gasteiger partial charge in [0.2, 0.25) is 5.95 Å². The maximum atomic E-state index is 5.73. The predicted octanol–water partition coefficient (Wildman–Crippen LogP) is 3.25. The molecule has 1 N–H and O–H groups in total. The topological polar surface area (TPSA) is 47.0 Å². The first-order valence-corrected chi connectivity index (χ1v) is 7.90. The molecule has 0 radical (unpaired) electrons. The molecule has 4 nitrogen and oxygen atoms in total. The minimum Gasteiger partial charge on any atom is -0.375 e. The van der Waals surface area contributed by atoms with Gasteiger partial charge >= 0.3 is 0 Å². The molecule has 0 bridgehead atoms. The van der Waals surface area contributed by atoms with E-state index in [0.717, 1.165) is 30.6 Å². The SMILES string of the molecule is CC1(C)CC(Nc2ncc(C#Cc3ccccc3)cn2)CCO1. The quantitative estimate of drug-likeness (QED) is 0.865. The first-order valence-electron chi connectivity index (χ1n) is 7.90. The highest BCUT2D eigenvalue weighted by Crippen LogP contribution is 2.25. The molecule has 1 saturated heterocycles. The smallest absolute Gasteiger partial charge is 0.222 e. The van der Waals surface area contributed by atoms with Crippen LogP contribution < -0.4 is 5.32 Å². The van der Waals surface area contributed by atoms with E-state index in [1.165, 1.54) is 0 Å². The summed E-state index contributed by atoms with van der Waals surface area (Å²) in [4.78, 5) is 8.73. The molecule has 118 valence electrons. The van der Waals surface area contributed by atoms with Crippen LogP contribution in [-0.4, -0.2) is 28.2 Å². The lowest BCUT2D eigenvalue weighted by Crippen LogP contribution is -2.40. The van der Waals surface area contributed by atoms with E-state index in [9.17, 15) is 0 Å². The number of hydrogen-bond donors (Lipinski definition) is 1. The lowest BCUT2D eigenvalue weighted by molar-refractivity contribution is -0.0554. The zero-order chi connectivity index (χ0) is 16.1. The van der Waals surface area contributed by atoms with Crippen LogP contribution >= 0.6 is 0 Å². The van der Waals surface area contributed by atoms with Crippen LogP contribution in [0.2, 0.25) is 0 Å². The molecular weight excluding hydrogens is 286 g/mol. The fourth-order valence-electron chi connectivity index (χ4n) is 2.67. The molecule has 2 heterocycles. The van der Waals surface area contributed by atoms with Crippen LogP contribution in [0.1, 0.15) is 37.8 Å². The first-order chi connectivity index (χ1) is 11.1. The standard InChI is InChI=1S/C19H21N3O/c1-19(2)12-17(10-11-23-19)22-18-20-13-16(14-21-18)9-8-15-6-4-3-5-7-15/h3-7,13-14,17H,10-12H2,1-2H3,(H,20,21,22). The Hall–Kier alpha value is -2.38. The summed E-state index contributed by atoms with van der Waals surface area (Å²) in [6.07, 6.45) is 5.44. The molecule has 1 aliphatic heterocycles. The van der Waals surface area contributed by atoms with Crippen LogP contribution in [0.15, 0.2) is 42.7 Å². The second kappa shape index (κ2) is 6.80. The highest BCUT2D eigenvalue weighted by Gasteiger charge is 2.28. The lowest BCUT2D eigenvalue weighted by Gasteiger charge is -2.35. The maximum absolute atomic E-state index is 5.73. The minimum absolute atomic E-state index is 0.0863. The number of anilines is 1. The maximum Gasteiger partial charge on any atom is 0.222 e. The average Bonchev–Trinajstić information content (AvgIpc) is 2.54. The van der Waals surface area contributed by atoms with Crippen molar-refractivity contribution in [2.45, 2.75) is 38.3 Å². The van der Waals surface area contributed by atoms with E-state index in [2.05, 4.69) is 41.0 Å². The van der Waals surface area contributed by atoms with E-state index < -0.39 is 0 Å². The molecule has 1 unspecified atom stereocenters. The Morgan fingerprint density at radius 1 is 1.09 bits per heavy atom. The van der Waals surface area contributed by atoms with Crippen molar-refractivity contribution in [3.8, 4) is 11.8 Å². The molecule has 1 atom stereocenters. The van der Waals surface area contributed by atoms with E-state index in [0.29, 0.717) is 12.0 Å². The van der Waals surface area contributed by atoms with Crippen molar-refractivity contribution in [2.24, 2.45) is 0 Å². The molecule has 4 heteroatoms. The van der Waals surface area contributed by atoms with Crippen LogP contribution in [0, 0.1) is 11.8 Å². The predicted molar refractivity (Wildman–Crippen MR) is 91.1 cm³/mol.